The van der Waals surface area contributed by atoms with Gasteiger partial charge in [0.05, 0.1) is 7.11 Å². The van der Waals surface area contributed by atoms with Gasteiger partial charge in [0.2, 0.25) is 0 Å². The molecule has 0 saturated heterocycles. The number of nitrogens with zero attached hydrogens (tertiary/aromatic N) is 3. The number of nitrogens with one attached hydrogen (secondary N) is 1. The molecule has 20 heavy (non-hydrogen) atoms. The number of H-pyrrole nitrogens is 1. The van der Waals surface area contributed by atoms with E-state index in [1.165, 1.54) is 4.40 Å². The van der Waals surface area contributed by atoms with Crippen molar-refractivity contribution in [2.24, 2.45) is 0 Å². The lowest BCUT2D eigenvalue weighted by Gasteiger charge is -2.07. The minimum atomic E-state index is -0.291. The highest BCUT2D eigenvalue weighted by molar-refractivity contribution is 5.60. The second-order valence-corrected chi connectivity index (χ2v) is 4.38. The first-order chi connectivity index (χ1) is 9.72. The zero-order valence-electron chi connectivity index (χ0n) is 11.3. The summed E-state index contributed by atoms with van der Waals surface area (Å²) in [5.41, 5.74) is 2.02. The molecule has 0 amide bonds. The van der Waals surface area contributed by atoms with Crippen LogP contribution in [0, 0.1) is 0 Å². The quantitative estimate of drug-likeness (QED) is 0.785. The van der Waals surface area contributed by atoms with E-state index in [0.717, 1.165) is 23.4 Å². The van der Waals surface area contributed by atoms with Crippen molar-refractivity contribution in [3.8, 4) is 17.1 Å². The number of methoxy groups -OCH3 is 1. The summed E-state index contributed by atoms with van der Waals surface area (Å²) in [7, 11) is 1.61. The van der Waals surface area contributed by atoms with E-state index < -0.39 is 0 Å². The standard InChI is InChI=1S/C14H14N4O2/c1-3-10-8-12-16-17-14(19)18(12)13(15-10)9-4-6-11(20-2)7-5-9/h4-8H,3H2,1-2H3,(H,17,19). The Bertz CT molecular complexity index is 802. The van der Waals surface area contributed by atoms with Crippen molar-refractivity contribution in [2.45, 2.75) is 13.3 Å². The Balaban J connectivity index is 2.27. The van der Waals surface area contributed by atoms with E-state index in [-0.39, 0.29) is 5.69 Å². The fraction of sp³-hybridized carbons (Fsp3) is 0.214. The highest BCUT2D eigenvalue weighted by atomic mass is 16.5. The molecule has 3 aromatic rings. The van der Waals surface area contributed by atoms with Gasteiger partial charge in [-0.15, -0.1) is 0 Å². The van der Waals surface area contributed by atoms with Crippen molar-refractivity contribution < 1.29 is 4.74 Å². The molecule has 0 fully saturated rings. The molecule has 3 rings (SSSR count). The van der Waals surface area contributed by atoms with Gasteiger partial charge in [-0.05, 0) is 30.7 Å². The monoisotopic (exact) mass is 270 g/mol. The van der Waals surface area contributed by atoms with Crippen LogP contribution in [0.3, 0.4) is 0 Å². The number of hydrogen-bond donors (Lipinski definition) is 1. The van der Waals surface area contributed by atoms with Crippen molar-refractivity contribution >= 4 is 5.65 Å². The molecule has 0 spiro atoms. The number of rotatable bonds is 3. The van der Waals surface area contributed by atoms with Crippen molar-refractivity contribution in [1.82, 2.24) is 19.6 Å². The second kappa shape index (κ2) is 4.80. The van der Waals surface area contributed by atoms with Crippen LogP contribution in [0.2, 0.25) is 0 Å². The Morgan fingerprint density at radius 1 is 1.30 bits per heavy atom. The maximum absolute atomic E-state index is 11.9. The Kier molecular flexibility index (Phi) is 2.98. The summed E-state index contributed by atoms with van der Waals surface area (Å²) in [6, 6.07) is 9.24. The molecule has 0 radical (unpaired) electrons. The van der Waals surface area contributed by atoms with Gasteiger partial charge >= 0.3 is 5.69 Å². The van der Waals surface area contributed by atoms with Gasteiger partial charge < -0.3 is 4.74 Å². The highest BCUT2D eigenvalue weighted by Crippen LogP contribution is 2.21. The molecule has 0 saturated carbocycles. The first-order valence-electron chi connectivity index (χ1n) is 6.34. The number of aromatic amines is 1. The van der Waals surface area contributed by atoms with E-state index in [2.05, 4.69) is 15.2 Å². The molecule has 1 N–H and O–H groups in total. The topological polar surface area (TPSA) is 72.3 Å². The molecule has 102 valence electrons. The van der Waals surface area contributed by atoms with Crippen LogP contribution in [0.4, 0.5) is 0 Å². The second-order valence-electron chi connectivity index (χ2n) is 4.38. The molecule has 1 aromatic carbocycles. The third-order valence-electron chi connectivity index (χ3n) is 3.17. The third kappa shape index (κ3) is 1.95. The minimum absolute atomic E-state index is 0.291. The molecule has 0 aliphatic heterocycles. The zero-order chi connectivity index (χ0) is 14.1. The van der Waals surface area contributed by atoms with Gasteiger partial charge in [-0.2, -0.15) is 5.10 Å². The molecule has 6 heteroatoms. The molecular formula is C14H14N4O2. The first-order valence-corrected chi connectivity index (χ1v) is 6.34. The van der Waals surface area contributed by atoms with Crippen LogP contribution >= 0.6 is 0 Å². The van der Waals surface area contributed by atoms with E-state index >= 15 is 0 Å². The molecule has 0 atom stereocenters. The minimum Gasteiger partial charge on any atom is -0.497 e. The van der Waals surface area contributed by atoms with E-state index in [1.54, 1.807) is 7.11 Å². The fourth-order valence-corrected chi connectivity index (χ4v) is 2.09. The number of benzene rings is 1. The third-order valence-corrected chi connectivity index (χ3v) is 3.17. The van der Waals surface area contributed by atoms with E-state index in [4.69, 9.17) is 4.74 Å². The lowest BCUT2D eigenvalue weighted by molar-refractivity contribution is 0.415. The average Bonchev–Trinajstić information content (AvgIpc) is 2.88. The molecule has 6 nitrogen and oxygen atoms in total. The molecule has 0 bridgehead atoms. The predicted molar refractivity (Wildman–Crippen MR) is 75.0 cm³/mol. The number of hydrogen-bond acceptors (Lipinski definition) is 4. The van der Waals surface area contributed by atoms with E-state index in [0.29, 0.717) is 11.5 Å². The Morgan fingerprint density at radius 3 is 2.70 bits per heavy atom. The normalized spacial score (nSPS) is 10.9. The summed E-state index contributed by atoms with van der Waals surface area (Å²) in [6.07, 6.45) is 0.778. The largest absolute Gasteiger partial charge is 0.497 e. The zero-order valence-corrected chi connectivity index (χ0v) is 11.3. The van der Waals surface area contributed by atoms with Gasteiger partial charge in [-0.25, -0.2) is 19.3 Å². The van der Waals surface area contributed by atoms with Gasteiger partial charge in [-0.3, -0.25) is 0 Å². The smallest absolute Gasteiger partial charge is 0.349 e. The number of aromatic nitrogens is 4. The molecule has 2 aromatic heterocycles. The summed E-state index contributed by atoms with van der Waals surface area (Å²) in [5, 5.41) is 6.46. The van der Waals surface area contributed by atoms with E-state index in [9.17, 15) is 4.79 Å². The average molecular weight is 270 g/mol. The van der Waals surface area contributed by atoms with Crippen LogP contribution in [0.5, 0.6) is 5.75 Å². The van der Waals surface area contributed by atoms with E-state index in [1.807, 2.05) is 37.3 Å². The molecule has 0 aliphatic carbocycles. The van der Waals surface area contributed by atoms with Crippen molar-refractivity contribution in [2.75, 3.05) is 7.11 Å². The van der Waals surface area contributed by atoms with Crippen LogP contribution in [-0.2, 0) is 6.42 Å². The van der Waals surface area contributed by atoms with Crippen molar-refractivity contribution in [1.29, 1.82) is 0 Å². The number of aryl methyl sites for hydroxylation is 1. The Labute approximate surface area is 115 Å². The van der Waals surface area contributed by atoms with Gasteiger partial charge in [0.25, 0.3) is 0 Å². The first kappa shape index (κ1) is 12.4. The number of ether oxygens (including phenoxy) is 1. The lowest BCUT2D eigenvalue weighted by atomic mass is 10.2. The molecular weight excluding hydrogens is 256 g/mol. The molecule has 0 aliphatic rings. The SMILES string of the molecule is CCc1cc2n[nH]c(=O)n2c(-c2ccc(OC)cc2)n1. The van der Waals surface area contributed by atoms with Crippen LogP contribution in [0.15, 0.2) is 35.1 Å². The maximum atomic E-state index is 11.9. The summed E-state index contributed by atoms with van der Waals surface area (Å²) < 4.78 is 6.61. The molecule has 2 heterocycles. The predicted octanol–water partition coefficient (Wildman–Crippen LogP) is 1.66. The van der Waals surface area contributed by atoms with Gasteiger partial charge in [0, 0.05) is 17.3 Å². The van der Waals surface area contributed by atoms with Crippen LogP contribution in [-0.4, -0.2) is 26.7 Å². The summed E-state index contributed by atoms with van der Waals surface area (Å²) >= 11 is 0. The van der Waals surface area contributed by atoms with Crippen LogP contribution in [0.25, 0.3) is 17.0 Å². The Hall–Kier alpha value is -2.63. The summed E-state index contributed by atoms with van der Waals surface area (Å²) in [6.45, 7) is 2.02. The maximum Gasteiger partial charge on any atom is 0.349 e. The van der Waals surface area contributed by atoms with Crippen molar-refractivity contribution in [3.63, 3.8) is 0 Å². The summed E-state index contributed by atoms with van der Waals surface area (Å²) in [5.74, 6) is 1.34. The highest BCUT2D eigenvalue weighted by Gasteiger charge is 2.11. The van der Waals surface area contributed by atoms with Crippen LogP contribution in [0.1, 0.15) is 12.6 Å². The van der Waals surface area contributed by atoms with Gasteiger partial charge in [0.1, 0.15) is 11.6 Å². The molecule has 0 unspecified atom stereocenters. The lowest BCUT2D eigenvalue weighted by Crippen LogP contribution is -2.13. The number of fused-ring (bicyclic) bond motifs is 1. The van der Waals surface area contributed by atoms with Crippen LogP contribution < -0.4 is 10.4 Å². The fourth-order valence-electron chi connectivity index (χ4n) is 2.09. The van der Waals surface area contributed by atoms with Gasteiger partial charge in [-0.1, -0.05) is 6.92 Å². The Morgan fingerprint density at radius 2 is 2.05 bits per heavy atom. The van der Waals surface area contributed by atoms with Gasteiger partial charge in [0.15, 0.2) is 5.65 Å². The van der Waals surface area contributed by atoms with Crippen molar-refractivity contribution in [3.05, 3.63) is 46.5 Å². The summed E-state index contributed by atoms with van der Waals surface area (Å²) in [4.78, 5) is 16.4.